The molecule has 0 spiro atoms. The maximum Gasteiger partial charge on any atom is 0.250 e. The number of H-pyrrole nitrogens is 1. The summed E-state index contributed by atoms with van der Waals surface area (Å²) in [7, 11) is 1.45. The van der Waals surface area contributed by atoms with Crippen LogP contribution in [0.4, 0.5) is 11.4 Å². The van der Waals surface area contributed by atoms with Gasteiger partial charge in [-0.25, -0.2) is 4.98 Å². The van der Waals surface area contributed by atoms with Crippen molar-refractivity contribution in [2.75, 3.05) is 31.0 Å². The molecule has 0 atom stereocenters. The number of carbonyl (C=O) groups is 2. The summed E-state index contributed by atoms with van der Waals surface area (Å²) in [5.41, 5.74) is 4.19. The molecule has 1 heterocycles. The predicted octanol–water partition coefficient (Wildman–Crippen LogP) is 2.61. The molecule has 146 valence electrons. The zero-order valence-corrected chi connectivity index (χ0v) is 15.7. The minimum Gasteiger partial charge on any atom is -0.375 e. The number of carbonyl (C=O) groups excluding carboxylic acids is 2. The molecule has 0 saturated carbocycles. The normalized spacial score (nSPS) is 10.8. The van der Waals surface area contributed by atoms with E-state index >= 15 is 0 Å². The largest absolute Gasteiger partial charge is 0.375 e. The lowest BCUT2D eigenvalue weighted by molar-refractivity contribution is -0.121. The van der Waals surface area contributed by atoms with E-state index in [1.165, 1.54) is 7.11 Å². The second-order valence-electron chi connectivity index (χ2n) is 6.30. The molecule has 0 aliphatic rings. The van der Waals surface area contributed by atoms with Crippen LogP contribution in [0.1, 0.15) is 11.4 Å². The number of nitrogens with one attached hydrogen (secondary N) is 3. The Morgan fingerprint density at radius 2 is 1.64 bits per heavy atom. The lowest BCUT2D eigenvalue weighted by Crippen LogP contribution is -2.19. The summed E-state index contributed by atoms with van der Waals surface area (Å²) < 4.78 is 10.2. The predicted molar refractivity (Wildman–Crippen MR) is 106 cm³/mol. The van der Waals surface area contributed by atoms with E-state index < -0.39 is 0 Å². The van der Waals surface area contributed by atoms with Crippen molar-refractivity contribution in [2.24, 2.45) is 0 Å². The fraction of sp³-hybridized carbons (Fsp3) is 0.250. The van der Waals surface area contributed by atoms with Gasteiger partial charge in [-0.15, -0.1) is 0 Å². The number of anilines is 2. The van der Waals surface area contributed by atoms with E-state index in [0.29, 0.717) is 17.2 Å². The number of rotatable bonds is 8. The number of aryl methyl sites for hydroxylation is 1. The van der Waals surface area contributed by atoms with Gasteiger partial charge in [0, 0.05) is 18.5 Å². The van der Waals surface area contributed by atoms with Crippen molar-refractivity contribution in [3.8, 4) is 0 Å². The minimum atomic E-state index is -0.275. The molecule has 0 fully saturated rings. The number of hydrogen-bond donors (Lipinski definition) is 3. The van der Waals surface area contributed by atoms with E-state index in [-0.39, 0.29) is 31.6 Å². The van der Waals surface area contributed by atoms with Crippen LogP contribution < -0.4 is 10.6 Å². The second kappa shape index (κ2) is 9.12. The topological polar surface area (TPSA) is 105 Å². The molecule has 2 aromatic carbocycles. The molecule has 0 radical (unpaired) electrons. The summed E-state index contributed by atoms with van der Waals surface area (Å²) in [5, 5.41) is 5.41. The molecule has 0 unspecified atom stereocenters. The standard InChI is InChI=1S/C20H22N4O4/c1-13-3-8-16-17(9-13)24-18(23-16)10-28-12-20(26)22-15-6-4-14(5-7-15)21-19(25)11-27-2/h3-9H,10-12H2,1-2H3,(H,21,25)(H,22,26)(H,23,24). The first-order valence-corrected chi connectivity index (χ1v) is 8.75. The van der Waals surface area contributed by atoms with E-state index in [2.05, 4.69) is 20.6 Å². The van der Waals surface area contributed by atoms with E-state index in [4.69, 9.17) is 9.47 Å². The molecule has 0 saturated heterocycles. The van der Waals surface area contributed by atoms with Gasteiger partial charge in [-0.1, -0.05) is 6.07 Å². The highest BCUT2D eigenvalue weighted by Gasteiger charge is 2.07. The van der Waals surface area contributed by atoms with Crippen molar-refractivity contribution >= 4 is 34.2 Å². The molecule has 3 aromatic rings. The van der Waals surface area contributed by atoms with E-state index in [0.717, 1.165) is 16.6 Å². The van der Waals surface area contributed by atoms with Gasteiger partial charge in [0.25, 0.3) is 0 Å². The number of benzene rings is 2. The van der Waals surface area contributed by atoms with Crippen LogP contribution in [0, 0.1) is 6.92 Å². The van der Waals surface area contributed by atoms with Crippen LogP contribution in [-0.2, 0) is 25.7 Å². The summed E-state index contributed by atoms with van der Waals surface area (Å²) in [5.74, 6) is 0.154. The third-order valence-corrected chi connectivity index (χ3v) is 3.89. The molecule has 28 heavy (non-hydrogen) atoms. The molecule has 2 amide bonds. The fourth-order valence-electron chi connectivity index (χ4n) is 2.65. The van der Waals surface area contributed by atoms with Gasteiger partial charge in [-0.05, 0) is 48.9 Å². The Hall–Kier alpha value is -3.23. The van der Waals surface area contributed by atoms with Crippen molar-refractivity contribution in [3.63, 3.8) is 0 Å². The van der Waals surface area contributed by atoms with Crippen molar-refractivity contribution in [2.45, 2.75) is 13.5 Å². The quantitative estimate of drug-likeness (QED) is 0.555. The molecule has 3 N–H and O–H groups in total. The minimum absolute atomic E-state index is 0.0132. The molecular weight excluding hydrogens is 360 g/mol. The lowest BCUT2D eigenvalue weighted by Gasteiger charge is -2.08. The molecule has 8 heteroatoms. The summed E-state index contributed by atoms with van der Waals surface area (Å²) in [6.45, 7) is 2.12. The Morgan fingerprint density at radius 3 is 2.29 bits per heavy atom. The molecule has 3 rings (SSSR count). The summed E-state index contributed by atoms with van der Waals surface area (Å²) in [6, 6.07) is 12.7. The maximum atomic E-state index is 12.0. The van der Waals surface area contributed by atoms with Crippen LogP contribution in [0.25, 0.3) is 11.0 Å². The zero-order chi connectivity index (χ0) is 19.9. The fourth-order valence-corrected chi connectivity index (χ4v) is 2.65. The number of imidazole rings is 1. The van der Waals surface area contributed by atoms with Crippen LogP contribution in [0.2, 0.25) is 0 Å². The monoisotopic (exact) mass is 382 g/mol. The van der Waals surface area contributed by atoms with Crippen LogP contribution in [0.15, 0.2) is 42.5 Å². The number of fused-ring (bicyclic) bond motifs is 1. The average molecular weight is 382 g/mol. The van der Waals surface area contributed by atoms with Crippen LogP contribution >= 0.6 is 0 Å². The van der Waals surface area contributed by atoms with Gasteiger partial charge in [0.05, 0.1) is 11.0 Å². The van der Waals surface area contributed by atoms with Gasteiger partial charge >= 0.3 is 0 Å². The third kappa shape index (κ3) is 5.38. The molecule has 0 aliphatic heterocycles. The third-order valence-electron chi connectivity index (χ3n) is 3.89. The molecule has 8 nitrogen and oxygen atoms in total. The first-order valence-electron chi connectivity index (χ1n) is 8.75. The average Bonchev–Trinajstić information content (AvgIpc) is 3.05. The highest BCUT2D eigenvalue weighted by molar-refractivity contribution is 5.93. The highest BCUT2D eigenvalue weighted by Crippen LogP contribution is 2.15. The van der Waals surface area contributed by atoms with Crippen LogP contribution in [0.5, 0.6) is 0 Å². The number of aromatic nitrogens is 2. The van der Waals surface area contributed by atoms with E-state index in [1.807, 2.05) is 25.1 Å². The van der Waals surface area contributed by atoms with Gasteiger partial charge in [-0.2, -0.15) is 0 Å². The molecule has 0 aliphatic carbocycles. The molecule has 1 aromatic heterocycles. The zero-order valence-electron chi connectivity index (χ0n) is 15.7. The Kier molecular flexibility index (Phi) is 6.36. The number of amides is 2. The van der Waals surface area contributed by atoms with Crippen molar-refractivity contribution in [3.05, 3.63) is 53.9 Å². The molecule has 0 bridgehead atoms. The Bertz CT molecular complexity index is 966. The summed E-state index contributed by atoms with van der Waals surface area (Å²) in [4.78, 5) is 31.1. The van der Waals surface area contributed by atoms with E-state index in [9.17, 15) is 9.59 Å². The SMILES string of the molecule is COCC(=O)Nc1ccc(NC(=O)COCc2nc3ccc(C)cc3[nH]2)cc1. The second-order valence-corrected chi connectivity index (χ2v) is 6.30. The number of ether oxygens (including phenoxy) is 2. The first kappa shape index (κ1) is 19.5. The first-order chi connectivity index (χ1) is 13.5. The highest BCUT2D eigenvalue weighted by atomic mass is 16.5. The Balaban J connectivity index is 1.45. The number of aromatic amines is 1. The Labute approximate surface area is 162 Å². The van der Waals surface area contributed by atoms with Gasteiger partial charge in [0.15, 0.2) is 0 Å². The van der Waals surface area contributed by atoms with Crippen molar-refractivity contribution in [1.82, 2.24) is 9.97 Å². The van der Waals surface area contributed by atoms with Gasteiger partial charge in [-0.3, -0.25) is 9.59 Å². The maximum absolute atomic E-state index is 12.0. The number of nitrogens with zero attached hydrogens (tertiary/aromatic N) is 1. The summed E-state index contributed by atoms with van der Waals surface area (Å²) in [6.07, 6.45) is 0. The van der Waals surface area contributed by atoms with Gasteiger partial charge in [0.2, 0.25) is 11.8 Å². The van der Waals surface area contributed by atoms with Gasteiger partial charge in [0.1, 0.15) is 25.6 Å². The number of methoxy groups -OCH3 is 1. The van der Waals surface area contributed by atoms with Crippen molar-refractivity contribution in [1.29, 1.82) is 0 Å². The number of hydrogen-bond acceptors (Lipinski definition) is 5. The molecular formula is C20H22N4O4. The van der Waals surface area contributed by atoms with Crippen molar-refractivity contribution < 1.29 is 19.1 Å². The van der Waals surface area contributed by atoms with Crippen LogP contribution in [0.3, 0.4) is 0 Å². The van der Waals surface area contributed by atoms with E-state index in [1.54, 1.807) is 24.3 Å². The van der Waals surface area contributed by atoms with Crippen LogP contribution in [-0.4, -0.2) is 42.1 Å². The Morgan fingerprint density at radius 1 is 1.00 bits per heavy atom. The lowest BCUT2D eigenvalue weighted by atomic mass is 10.2. The summed E-state index contributed by atoms with van der Waals surface area (Å²) >= 11 is 0. The van der Waals surface area contributed by atoms with Gasteiger partial charge < -0.3 is 25.1 Å². The smallest absolute Gasteiger partial charge is 0.250 e.